The third-order valence-corrected chi connectivity index (χ3v) is 2.86. The van der Waals surface area contributed by atoms with E-state index in [4.69, 9.17) is 5.73 Å². The van der Waals surface area contributed by atoms with E-state index in [0.29, 0.717) is 11.6 Å². The van der Waals surface area contributed by atoms with Crippen LogP contribution in [0.2, 0.25) is 0 Å². The van der Waals surface area contributed by atoms with Gasteiger partial charge in [0.2, 0.25) is 0 Å². The first-order chi connectivity index (χ1) is 7.49. The van der Waals surface area contributed by atoms with Gasteiger partial charge in [-0.2, -0.15) is 0 Å². The Hall–Kier alpha value is -1.39. The maximum atomic E-state index is 11.2. The fourth-order valence-corrected chi connectivity index (χ4v) is 1.58. The number of carbonyl (C=O) groups excluding carboxylic acids is 1. The van der Waals surface area contributed by atoms with Gasteiger partial charge in [-0.3, -0.25) is 4.79 Å². The molecule has 5 nitrogen and oxygen atoms in total. The summed E-state index contributed by atoms with van der Waals surface area (Å²) >= 11 is 0. The van der Waals surface area contributed by atoms with E-state index in [1.165, 1.54) is 0 Å². The average molecular weight is 224 g/mol. The minimum absolute atomic E-state index is 0.224. The molecule has 1 atom stereocenters. The summed E-state index contributed by atoms with van der Waals surface area (Å²) in [6, 6.07) is 0.224. The van der Waals surface area contributed by atoms with Gasteiger partial charge in [0.25, 0.3) is 5.91 Å². The highest BCUT2D eigenvalue weighted by Gasteiger charge is 2.21. The van der Waals surface area contributed by atoms with Gasteiger partial charge >= 0.3 is 0 Å². The van der Waals surface area contributed by atoms with Gasteiger partial charge in [0.15, 0.2) is 5.69 Å². The summed E-state index contributed by atoms with van der Waals surface area (Å²) in [4.78, 5) is 11.2. The minimum atomic E-state index is -0.495. The lowest BCUT2D eigenvalue weighted by Gasteiger charge is -2.18. The second kappa shape index (κ2) is 5.09. The van der Waals surface area contributed by atoms with Crippen molar-refractivity contribution in [3.05, 3.63) is 11.4 Å². The van der Waals surface area contributed by atoms with Crippen LogP contribution in [0.4, 0.5) is 0 Å². The Labute approximate surface area is 96.0 Å². The number of primary amides is 1. The van der Waals surface area contributed by atoms with Crippen LogP contribution >= 0.6 is 0 Å². The van der Waals surface area contributed by atoms with E-state index in [1.54, 1.807) is 0 Å². The molecule has 1 unspecified atom stereocenters. The summed E-state index contributed by atoms with van der Waals surface area (Å²) < 4.78 is 1.83. The van der Waals surface area contributed by atoms with Crippen molar-refractivity contribution >= 4 is 5.91 Å². The summed E-state index contributed by atoms with van der Waals surface area (Å²) in [5, 5.41) is 7.92. The van der Waals surface area contributed by atoms with Crippen LogP contribution in [0.3, 0.4) is 0 Å². The van der Waals surface area contributed by atoms with Crippen molar-refractivity contribution in [1.82, 2.24) is 15.0 Å². The number of nitrogens with two attached hydrogens (primary N) is 1. The summed E-state index contributed by atoms with van der Waals surface area (Å²) in [6.07, 6.45) is 1.72. The lowest BCUT2D eigenvalue weighted by Crippen LogP contribution is -2.18. The van der Waals surface area contributed by atoms with E-state index in [2.05, 4.69) is 38.0 Å². The molecule has 0 saturated heterocycles. The fourth-order valence-electron chi connectivity index (χ4n) is 1.58. The third-order valence-electron chi connectivity index (χ3n) is 2.86. The highest BCUT2D eigenvalue weighted by Crippen LogP contribution is 2.20. The summed E-state index contributed by atoms with van der Waals surface area (Å²) in [5.74, 6) is -0.0521. The summed E-state index contributed by atoms with van der Waals surface area (Å²) in [7, 11) is 0. The molecular formula is C11H20N4O. The van der Waals surface area contributed by atoms with Crippen LogP contribution in [-0.4, -0.2) is 20.9 Å². The standard InChI is InChI=1S/C11H20N4O/c1-5-6-9-10(11(12)16)13-14-15(9)8(4)7(2)3/h7-8H,5-6H2,1-4H3,(H2,12,16). The average Bonchev–Trinajstić information content (AvgIpc) is 2.61. The van der Waals surface area contributed by atoms with Gasteiger partial charge in [-0.1, -0.05) is 32.4 Å². The van der Waals surface area contributed by atoms with Crippen LogP contribution in [-0.2, 0) is 6.42 Å². The monoisotopic (exact) mass is 224 g/mol. The van der Waals surface area contributed by atoms with Gasteiger partial charge in [-0.25, -0.2) is 4.68 Å². The van der Waals surface area contributed by atoms with Crippen molar-refractivity contribution < 1.29 is 4.79 Å². The van der Waals surface area contributed by atoms with Crippen molar-refractivity contribution in [3.63, 3.8) is 0 Å². The predicted molar refractivity (Wildman–Crippen MR) is 62.1 cm³/mol. The minimum Gasteiger partial charge on any atom is -0.364 e. The fraction of sp³-hybridized carbons (Fsp3) is 0.727. The van der Waals surface area contributed by atoms with E-state index in [9.17, 15) is 4.79 Å². The molecule has 1 aromatic heterocycles. The Bertz CT molecular complexity index is 370. The van der Waals surface area contributed by atoms with Crippen LogP contribution in [0.5, 0.6) is 0 Å². The van der Waals surface area contributed by atoms with Crippen molar-refractivity contribution in [2.75, 3.05) is 0 Å². The van der Waals surface area contributed by atoms with Crippen molar-refractivity contribution in [1.29, 1.82) is 0 Å². The van der Waals surface area contributed by atoms with E-state index >= 15 is 0 Å². The number of hydrogen-bond acceptors (Lipinski definition) is 3. The predicted octanol–water partition coefficient (Wildman–Crippen LogP) is 1.55. The van der Waals surface area contributed by atoms with Crippen LogP contribution in [0, 0.1) is 5.92 Å². The molecule has 0 bridgehead atoms. The SMILES string of the molecule is CCCc1c(C(N)=O)nnn1C(C)C(C)C. The molecule has 0 aliphatic carbocycles. The van der Waals surface area contributed by atoms with Crippen molar-refractivity contribution in [2.24, 2.45) is 11.7 Å². The maximum Gasteiger partial charge on any atom is 0.271 e. The van der Waals surface area contributed by atoms with Crippen molar-refractivity contribution in [2.45, 2.75) is 46.6 Å². The van der Waals surface area contributed by atoms with Gasteiger partial charge in [0, 0.05) is 0 Å². The Kier molecular flexibility index (Phi) is 4.04. The van der Waals surface area contributed by atoms with E-state index in [-0.39, 0.29) is 6.04 Å². The molecule has 1 aromatic rings. The third kappa shape index (κ3) is 2.40. The Morgan fingerprint density at radius 2 is 2.06 bits per heavy atom. The zero-order valence-corrected chi connectivity index (χ0v) is 10.4. The molecule has 90 valence electrons. The zero-order chi connectivity index (χ0) is 12.3. The highest BCUT2D eigenvalue weighted by molar-refractivity contribution is 5.91. The molecular weight excluding hydrogens is 204 g/mol. The molecule has 1 heterocycles. The number of hydrogen-bond donors (Lipinski definition) is 1. The van der Waals surface area contributed by atoms with Gasteiger partial charge in [0.05, 0.1) is 11.7 Å². The van der Waals surface area contributed by atoms with Gasteiger partial charge in [-0.05, 0) is 19.3 Å². The molecule has 5 heteroatoms. The lowest BCUT2D eigenvalue weighted by molar-refractivity contribution is 0.0994. The second-order valence-corrected chi connectivity index (χ2v) is 4.43. The first kappa shape index (κ1) is 12.7. The Morgan fingerprint density at radius 3 is 2.50 bits per heavy atom. The molecule has 0 aliphatic rings. The van der Waals surface area contributed by atoms with Crippen LogP contribution in [0.15, 0.2) is 0 Å². The molecule has 0 spiro atoms. The molecule has 2 N–H and O–H groups in total. The number of aromatic nitrogens is 3. The maximum absolute atomic E-state index is 11.2. The van der Waals surface area contributed by atoms with Crippen LogP contribution in [0.25, 0.3) is 0 Å². The Balaban J connectivity index is 3.14. The molecule has 1 amide bonds. The highest BCUT2D eigenvalue weighted by atomic mass is 16.1. The zero-order valence-electron chi connectivity index (χ0n) is 10.4. The number of amides is 1. The molecule has 16 heavy (non-hydrogen) atoms. The lowest BCUT2D eigenvalue weighted by atomic mass is 10.1. The van der Waals surface area contributed by atoms with E-state index in [1.807, 2.05) is 4.68 Å². The topological polar surface area (TPSA) is 73.8 Å². The number of nitrogens with zero attached hydrogens (tertiary/aromatic N) is 3. The first-order valence-corrected chi connectivity index (χ1v) is 5.72. The quantitative estimate of drug-likeness (QED) is 0.824. The Morgan fingerprint density at radius 1 is 1.44 bits per heavy atom. The molecule has 0 saturated carbocycles. The van der Waals surface area contributed by atoms with E-state index < -0.39 is 5.91 Å². The van der Waals surface area contributed by atoms with Crippen molar-refractivity contribution in [3.8, 4) is 0 Å². The van der Waals surface area contributed by atoms with Gasteiger partial charge < -0.3 is 5.73 Å². The summed E-state index contributed by atoms with van der Waals surface area (Å²) in [5.41, 5.74) is 6.45. The van der Waals surface area contributed by atoms with Gasteiger partial charge in [0.1, 0.15) is 0 Å². The molecule has 0 aliphatic heterocycles. The smallest absolute Gasteiger partial charge is 0.271 e. The number of rotatable bonds is 5. The number of carbonyl (C=O) groups is 1. The first-order valence-electron chi connectivity index (χ1n) is 5.72. The van der Waals surface area contributed by atoms with Crippen LogP contribution < -0.4 is 5.73 Å². The second-order valence-electron chi connectivity index (χ2n) is 4.43. The summed E-state index contributed by atoms with van der Waals surface area (Å²) in [6.45, 7) is 8.36. The molecule has 0 radical (unpaired) electrons. The molecule has 0 fully saturated rings. The van der Waals surface area contributed by atoms with Crippen LogP contribution in [0.1, 0.15) is 56.3 Å². The molecule has 1 rings (SSSR count). The molecule has 0 aromatic carbocycles. The largest absolute Gasteiger partial charge is 0.364 e. The van der Waals surface area contributed by atoms with Gasteiger partial charge in [-0.15, -0.1) is 5.10 Å². The van der Waals surface area contributed by atoms with E-state index in [0.717, 1.165) is 18.5 Å². The normalized spacial score (nSPS) is 13.1.